The lowest BCUT2D eigenvalue weighted by molar-refractivity contribution is 0.103. The molecule has 26 heavy (non-hydrogen) atoms. The molecule has 0 saturated carbocycles. The first-order valence-corrected chi connectivity index (χ1v) is 9.30. The highest BCUT2D eigenvalue weighted by Crippen LogP contribution is 2.31. The minimum Gasteiger partial charge on any atom is -0.493 e. The van der Waals surface area contributed by atoms with Crippen LogP contribution in [0.25, 0.3) is 0 Å². The molecule has 3 rings (SSSR count). The Morgan fingerprint density at radius 3 is 2.65 bits per heavy atom. The molecule has 1 N–H and O–H groups in total. The van der Waals surface area contributed by atoms with Crippen molar-refractivity contribution in [2.45, 2.75) is 6.61 Å². The fraction of sp³-hybridized carbons (Fsp3) is 0.105. The molecule has 3 aromatic rings. The smallest absolute Gasteiger partial charge is 0.265 e. The van der Waals surface area contributed by atoms with Crippen molar-refractivity contribution in [1.29, 1.82) is 0 Å². The van der Waals surface area contributed by atoms with Gasteiger partial charge in [0.1, 0.15) is 6.61 Å². The van der Waals surface area contributed by atoms with E-state index in [0.717, 1.165) is 5.56 Å². The summed E-state index contributed by atoms with van der Waals surface area (Å²) in [4.78, 5) is 13.0. The average molecular weight is 408 g/mol. The zero-order valence-electron chi connectivity index (χ0n) is 13.8. The minimum absolute atomic E-state index is 0.247. The number of hydrogen-bond acceptors (Lipinski definition) is 4. The van der Waals surface area contributed by atoms with Crippen LogP contribution in [0, 0.1) is 0 Å². The van der Waals surface area contributed by atoms with E-state index in [1.165, 1.54) is 11.3 Å². The highest BCUT2D eigenvalue weighted by atomic mass is 35.5. The van der Waals surface area contributed by atoms with E-state index >= 15 is 0 Å². The largest absolute Gasteiger partial charge is 0.493 e. The van der Waals surface area contributed by atoms with Crippen LogP contribution in [0.5, 0.6) is 11.5 Å². The first-order chi connectivity index (χ1) is 12.6. The van der Waals surface area contributed by atoms with E-state index in [1.807, 2.05) is 29.6 Å². The maximum absolute atomic E-state index is 12.4. The summed E-state index contributed by atoms with van der Waals surface area (Å²) >= 11 is 13.4. The Kier molecular flexibility index (Phi) is 6.04. The van der Waals surface area contributed by atoms with E-state index in [2.05, 4.69) is 5.32 Å². The molecular formula is C19H15Cl2NO3S. The van der Waals surface area contributed by atoms with Gasteiger partial charge in [-0.05, 0) is 35.7 Å². The van der Waals surface area contributed by atoms with Crippen LogP contribution in [0.3, 0.4) is 0 Å². The highest BCUT2D eigenvalue weighted by molar-refractivity contribution is 7.12. The van der Waals surface area contributed by atoms with Gasteiger partial charge in [0, 0.05) is 5.56 Å². The number of methoxy groups -OCH3 is 1. The average Bonchev–Trinajstić information content (AvgIpc) is 3.13. The Balaban J connectivity index is 1.65. The molecule has 1 amide bonds. The number of ether oxygens (including phenoxy) is 2. The van der Waals surface area contributed by atoms with E-state index in [4.69, 9.17) is 32.7 Å². The van der Waals surface area contributed by atoms with Crippen molar-refractivity contribution in [2.24, 2.45) is 0 Å². The molecule has 1 aromatic heterocycles. The number of benzene rings is 2. The number of amides is 1. The Hall–Kier alpha value is -2.21. The molecule has 0 radical (unpaired) electrons. The summed E-state index contributed by atoms with van der Waals surface area (Å²) in [5.74, 6) is 1.07. The van der Waals surface area contributed by atoms with Gasteiger partial charge in [-0.3, -0.25) is 4.79 Å². The summed E-state index contributed by atoms with van der Waals surface area (Å²) in [5, 5.41) is 5.35. The van der Waals surface area contributed by atoms with Crippen LogP contribution in [-0.4, -0.2) is 13.0 Å². The maximum atomic E-state index is 12.4. The second-order valence-electron chi connectivity index (χ2n) is 5.31. The lowest BCUT2D eigenvalue weighted by Crippen LogP contribution is -2.10. The third-order valence-electron chi connectivity index (χ3n) is 3.54. The van der Waals surface area contributed by atoms with Crippen molar-refractivity contribution < 1.29 is 14.3 Å². The van der Waals surface area contributed by atoms with Gasteiger partial charge in [0.2, 0.25) is 0 Å². The van der Waals surface area contributed by atoms with Gasteiger partial charge in [-0.15, -0.1) is 11.3 Å². The van der Waals surface area contributed by atoms with Gasteiger partial charge in [0.15, 0.2) is 11.5 Å². The predicted octanol–water partition coefficient (Wildman–Crippen LogP) is 5.89. The van der Waals surface area contributed by atoms with Gasteiger partial charge in [-0.1, -0.05) is 41.4 Å². The van der Waals surface area contributed by atoms with Gasteiger partial charge in [-0.25, -0.2) is 0 Å². The van der Waals surface area contributed by atoms with Crippen LogP contribution in [0.2, 0.25) is 10.0 Å². The Bertz CT molecular complexity index is 927. The van der Waals surface area contributed by atoms with Gasteiger partial charge in [0.05, 0.1) is 27.7 Å². The Morgan fingerprint density at radius 1 is 1.12 bits per heavy atom. The number of anilines is 1. The number of thiophene rings is 1. The first kappa shape index (κ1) is 18.6. The van der Waals surface area contributed by atoms with Crippen LogP contribution in [0.1, 0.15) is 15.2 Å². The zero-order valence-corrected chi connectivity index (χ0v) is 16.1. The molecule has 7 heteroatoms. The molecule has 0 saturated heterocycles. The summed E-state index contributed by atoms with van der Waals surface area (Å²) < 4.78 is 11.0. The van der Waals surface area contributed by atoms with Crippen molar-refractivity contribution in [3.05, 3.63) is 74.4 Å². The predicted molar refractivity (Wildman–Crippen MR) is 106 cm³/mol. The van der Waals surface area contributed by atoms with Crippen LogP contribution in [-0.2, 0) is 6.61 Å². The van der Waals surface area contributed by atoms with Crippen LogP contribution in [0.15, 0.2) is 53.9 Å². The van der Waals surface area contributed by atoms with Crippen LogP contribution < -0.4 is 14.8 Å². The summed E-state index contributed by atoms with van der Waals surface area (Å²) in [7, 11) is 1.59. The molecule has 0 fully saturated rings. The molecule has 0 aliphatic rings. The molecule has 134 valence electrons. The van der Waals surface area contributed by atoms with E-state index in [1.54, 1.807) is 31.4 Å². The van der Waals surface area contributed by atoms with Crippen molar-refractivity contribution in [1.82, 2.24) is 0 Å². The number of halogens is 2. The van der Waals surface area contributed by atoms with Crippen molar-refractivity contribution in [2.75, 3.05) is 12.4 Å². The third kappa shape index (κ3) is 4.30. The van der Waals surface area contributed by atoms with Crippen molar-refractivity contribution >= 4 is 46.1 Å². The number of nitrogens with one attached hydrogen (secondary N) is 1. The van der Waals surface area contributed by atoms with Crippen LogP contribution >= 0.6 is 34.5 Å². The maximum Gasteiger partial charge on any atom is 0.265 e. The van der Waals surface area contributed by atoms with Crippen LogP contribution in [0.4, 0.5) is 5.69 Å². The van der Waals surface area contributed by atoms with E-state index in [0.29, 0.717) is 38.7 Å². The van der Waals surface area contributed by atoms with Gasteiger partial charge in [-0.2, -0.15) is 0 Å². The summed E-state index contributed by atoms with van der Waals surface area (Å²) in [6, 6.07) is 14.3. The molecule has 1 heterocycles. The molecule has 4 nitrogen and oxygen atoms in total. The van der Waals surface area contributed by atoms with Gasteiger partial charge >= 0.3 is 0 Å². The number of hydrogen-bond donors (Lipinski definition) is 1. The molecule has 0 bridgehead atoms. The number of carbonyl (C=O) groups excluding carboxylic acids is 1. The molecule has 0 spiro atoms. The lowest BCUT2D eigenvalue weighted by Gasteiger charge is -2.09. The minimum atomic E-state index is -0.247. The summed E-state index contributed by atoms with van der Waals surface area (Å²) in [6.45, 7) is 0.335. The van der Waals surface area contributed by atoms with Gasteiger partial charge < -0.3 is 14.8 Å². The fourth-order valence-corrected chi connectivity index (χ4v) is 3.39. The summed E-state index contributed by atoms with van der Waals surface area (Å²) in [6.07, 6.45) is 0. The lowest BCUT2D eigenvalue weighted by atomic mass is 10.3. The fourth-order valence-electron chi connectivity index (χ4n) is 2.25. The first-order valence-electron chi connectivity index (χ1n) is 7.67. The monoisotopic (exact) mass is 407 g/mol. The van der Waals surface area contributed by atoms with Gasteiger partial charge in [0.25, 0.3) is 5.91 Å². The molecule has 2 aromatic carbocycles. The molecular weight excluding hydrogens is 393 g/mol. The molecule has 0 atom stereocenters. The van der Waals surface area contributed by atoms with Crippen molar-refractivity contribution in [3.8, 4) is 11.5 Å². The van der Waals surface area contributed by atoms with E-state index in [-0.39, 0.29) is 5.91 Å². The second-order valence-corrected chi connectivity index (χ2v) is 7.01. The topological polar surface area (TPSA) is 47.6 Å². The van der Waals surface area contributed by atoms with E-state index in [9.17, 15) is 4.79 Å². The zero-order chi connectivity index (χ0) is 18.5. The standard InChI is InChI=1S/C19H15Cl2NO3S/c1-24-15-7-2-3-8-16(15)25-10-12-9-17(26-11-12)19(23)22-14-6-4-5-13(20)18(14)21/h2-9,11H,10H2,1H3,(H,22,23). The Morgan fingerprint density at radius 2 is 1.88 bits per heavy atom. The number of carbonyl (C=O) groups is 1. The SMILES string of the molecule is COc1ccccc1OCc1csc(C(=O)Nc2cccc(Cl)c2Cl)c1. The second kappa shape index (κ2) is 8.45. The number of para-hydroxylation sites is 2. The quantitative estimate of drug-likeness (QED) is 0.553. The Labute approximate surface area is 165 Å². The number of rotatable bonds is 6. The molecule has 0 aliphatic heterocycles. The molecule has 0 aliphatic carbocycles. The normalized spacial score (nSPS) is 10.4. The van der Waals surface area contributed by atoms with Crippen molar-refractivity contribution in [3.63, 3.8) is 0 Å². The molecule has 0 unspecified atom stereocenters. The highest BCUT2D eigenvalue weighted by Gasteiger charge is 2.13. The third-order valence-corrected chi connectivity index (χ3v) is 5.34. The summed E-state index contributed by atoms with van der Waals surface area (Å²) in [5.41, 5.74) is 1.37. The van der Waals surface area contributed by atoms with E-state index < -0.39 is 0 Å².